The van der Waals surface area contributed by atoms with Crippen LogP contribution in [0.5, 0.6) is 0 Å². The van der Waals surface area contributed by atoms with Crippen molar-refractivity contribution >= 4 is 42.1 Å². The number of oxazole rings is 1. The first-order valence-electron chi connectivity index (χ1n) is 6.80. The highest BCUT2D eigenvalue weighted by Gasteiger charge is 2.17. The minimum atomic E-state index is 0. The summed E-state index contributed by atoms with van der Waals surface area (Å²) in [5.74, 6) is 0.722. The summed E-state index contributed by atoms with van der Waals surface area (Å²) in [4.78, 5) is 19.5. The summed E-state index contributed by atoms with van der Waals surface area (Å²) < 4.78 is 5.44. The molecule has 8 heteroatoms. The fourth-order valence-corrected chi connectivity index (χ4v) is 2.92. The molecule has 3 rings (SSSR count). The maximum absolute atomic E-state index is 12.2. The molecule has 1 amide bonds. The van der Waals surface area contributed by atoms with Crippen LogP contribution in [0, 0.1) is 0 Å². The molecule has 2 aromatic rings. The largest absolute Gasteiger partial charge is 0.444 e. The number of nitrogens with zero attached hydrogens (tertiary/aromatic N) is 2. The Morgan fingerprint density at radius 3 is 3.00 bits per heavy atom. The maximum atomic E-state index is 12.2. The number of aromatic nitrogens is 1. The van der Waals surface area contributed by atoms with E-state index in [1.165, 1.54) is 0 Å². The van der Waals surface area contributed by atoms with Crippen molar-refractivity contribution in [2.75, 3.05) is 26.2 Å². The number of amides is 1. The molecule has 1 aliphatic heterocycles. The highest BCUT2D eigenvalue weighted by Crippen LogP contribution is 2.23. The summed E-state index contributed by atoms with van der Waals surface area (Å²) in [6.07, 6.45) is 2.91. The molecular formula is C14H19Cl2N3O2S. The second-order valence-electron chi connectivity index (χ2n) is 4.78. The Balaban J connectivity index is 0.00000121. The fourth-order valence-electron chi connectivity index (χ4n) is 2.26. The summed E-state index contributed by atoms with van der Waals surface area (Å²) in [6, 6.07) is 3.92. The van der Waals surface area contributed by atoms with Crippen LogP contribution < -0.4 is 5.32 Å². The quantitative estimate of drug-likeness (QED) is 0.910. The van der Waals surface area contributed by atoms with Gasteiger partial charge in [-0.2, -0.15) is 0 Å². The molecule has 0 unspecified atom stereocenters. The number of carbonyl (C=O) groups is 1. The van der Waals surface area contributed by atoms with Crippen LogP contribution in [-0.2, 0) is 11.2 Å². The van der Waals surface area contributed by atoms with Crippen molar-refractivity contribution in [1.29, 1.82) is 0 Å². The minimum Gasteiger partial charge on any atom is -0.444 e. The molecule has 1 N–H and O–H groups in total. The van der Waals surface area contributed by atoms with Crippen LogP contribution in [-0.4, -0.2) is 42.0 Å². The third-order valence-electron chi connectivity index (χ3n) is 3.31. The van der Waals surface area contributed by atoms with Gasteiger partial charge in [0.2, 0.25) is 11.8 Å². The van der Waals surface area contributed by atoms with Gasteiger partial charge in [0, 0.05) is 19.6 Å². The molecule has 0 spiro atoms. The third kappa shape index (κ3) is 4.71. The SMILES string of the molecule is Cl.Cl.O=C(Cc1coc(-c2cccs2)n1)N1CCCNCC1. The molecule has 0 radical (unpaired) electrons. The van der Waals surface area contributed by atoms with E-state index in [0.717, 1.165) is 37.5 Å². The molecule has 0 bridgehead atoms. The van der Waals surface area contributed by atoms with E-state index in [-0.39, 0.29) is 30.7 Å². The molecule has 1 aliphatic rings. The van der Waals surface area contributed by atoms with E-state index < -0.39 is 0 Å². The van der Waals surface area contributed by atoms with Gasteiger partial charge in [0.25, 0.3) is 0 Å². The zero-order valence-electron chi connectivity index (χ0n) is 12.0. The first kappa shape index (κ1) is 19.0. The minimum absolute atomic E-state index is 0. The molecule has 5 nitrogen and oxygen atoms in total. The van der Waals surface area contributed by atoms with Crippen LogP contribution in [0.3, 0.4) is 0 Å². The smallest absolute Gasteiger partial charge is 0.236 e. The van der Waals surface area contributed by atoms with Gasteiger partial charge in [0.05, 0.1) is 17.0 Å². The Bertz CT molecular complexity index is 566. The second kappa shape index (κ2) is 9.15. The van der Waals surface area contributed by atoms with Crippen molar-refractivity contribution in [3.05, 3.63) is 29.5 Å². The fraction of sp³-hybridized carbons (Fsp3) is 0.429. The van der Waals surface area contributed by atoms with Crippen molar-refractivity contribution in [2.24, 2.45) is 0 Å². The van der Waals surface area contributed by atoms with Gasteiger partial charge in [-0.3, -0.25) is 4.79 Å². The predicted octanol–water partition coefficient (Wildman–Crippen LogP) is 2.61. The van der Waals surface area contributed by atoms with Crippen molar-refractivity contribution in [3.63, 3.8) is 0 Å². The van der Waals surface area contributed by atoms with Crippen LogP contribution in [0.1, 0.15) is 12.1 Å². The highest BCUT2D eigenvalue weighted by molar-refractivity contribution is 7.13. The zero-order valence-corrected chi connectivity index (χ0v) is 14.4. The average molecular weight is 364 g/mol. The first-order chi connectivity index (χ1) is 9.83. The van der Waals surface area contributed by atoms with Crippen LogP contribution in [0.4, 0.5) is 0 Å². The van der Waals surface area contributed by atoms with Crippen molar-refractivity contribution in [3.8, 4) is 10.8 Å². The van der Waals surface area contributed by atoms with Crippen molar-refractivity contribution in [1.82, 2.24) is 15.2 Å². The van der Waals surface area contributed by atoms with E-state index in [0.29, 0.717) is 18.0 Å². The lowest BCUT2D eigenvalue weighted by Crippen LogP contribution is -2.35. The Morgan fingerprint density at radius 2 is 2.23 bits per heavy atom. The molecular weight excluding hydrogens is 345 g/mol. The van der Waals surface area contributed by atoms with Gasteiger partial charge < -0.3 is 14.6 Å². The molecule has 0 atom stereocenters. The molecule has 3 heterocycles. The average Bonchev–Trinajstić information content (AvgIpc) is 3.05. The molecule has 2 aromatic heterocycles. The Hall–Kier alpha value is -1.08. The van der Waals surface area contributed by atoms with E-state index in [1.807, 2.05) is 22.4 Å². The number of thiophene rings is 1. The van der Waals surface area contributed by atoms with Crippen LogP contribution in [0.2, 0.25) is 0 Å². The zero-order chi connectivity index (χ0) is 13.8. The lowest BCUT2D eigenvalue weighted by Gasteiger charge is -2.19. The molecule has 0 aromatic carbocycles. The molecule has 122 valence electrons. The normalized spacial score (nSPS) is 14.6. The van der Waals surface area contributed by atoms with E-state index in [4.69, 9.17) is 4.42 Å². The van der Waals surface area contributed by atoms with Gasteiger partial charge in [0.1, 0.15) is 6.26 Å². The number of hydrogen-bond acceptors (Lipinski definition) is 5. The lowest BCUT2D eigenvalue weighted by molar-refractivity contribution is -0.130. The molecule has 22 heavy (non-hydrogen) atoms. The van der Waals surface area contributed by atoms with Gasteiger partial charge in [-0.15, -0.1) is 36.2 Å². The van der Waals surface area contributed by atoms with Crippen LogP contribution in [0.15, 0.2) is 28.2 Å². The monoisotopic (exact) mass is 363 g/mol. The summed E-state index contributed by atoms with van der Waals surface area (Å²) in [5.41, 5.74) is 0.704. The third-order valence-corrected chi connectivity index (χ3v) is 4.17. The Morgan fingerprint density at radius 1 is 1.36 bits per heavy atom. The maximum Gasteiger partial charge on any atom is 0.236 e. The Kier molecular flexibility index (Phi) is 7.89. The Labute approximate surface area is 145 Å². The summed E-state index contributed by atoms with van der Waals surface area (Å²) in [7, 11) is 0. The second-order valence-corrected chi connectivity index (χ2v) is 5.73. The number of carbonyl (C=O) groups excluding carboxylic acids is 1. The summed E-state index contributed by atoms with van der Waals surface area (Å²) in [6.45, 7) is 3.44. The number of nitrogens with one attached hydrogen (secondary N) is 1. The standard InChI is InChI=1S/C14H17N3O2S.2ClH/c18-13(17-6-2-4-15-5-7-17)9-11-10-19-14(16-11)12-3-1-8-20-12;;/h1,3,8,10,15H,2,4-7,9H2;2*1H. The molecule has 1 saturated heterocycles. The van der Waals surface area contributed by atoms with Gasteiger partial charge in [-0.05, 0) is 24.4 Å². The summed E-state index contributed by atoms with van der Waals surface area (Å²) >= 11 is 1.58. The number of halogens is 2. The van der Waals surface area contributed by atoms with Crippen molar-refractivity contribution < 1.29 is 9.21 Å². The summed E-state index contributed by atoms with van der Waals surface area (Å²) in [5, 5.41) is 5.27. The molecule has 0 aliphatic carbocycles. The van der Waals surface area contributed by atoms with Gasteiger partial charge in [0.15, 0.2) is 0 Å². The number of hydrogen-bond donors (Lipinski definition) is 1. The van der Waals surface area contributed by atoms with Gasteiger partial charge in [-0.25, -0.2) is 4.98 Å². The first-order valence-corrected chi connectivity index (χ1v) is 7.67. The van der Waals surface area contributed by atoms with E-state index >= 15 is 0 Å². The molecule has 1 fully saturated rings. The van der Waals surface area contributed by atoms with Gasteiger partial charge in [-0.1, -0.05) is 6.07 Å². The number of rotatable bonds is 3. The van der Waals surface area contributed by atoms with Crippen LogP contribution >= 0.6 is 36.2 Å². The predicted molar refractivity (Wildman–Crippen MR) is 92.1 cm³/mol. The van der Waals surface area contributed by atoms with Crippen molar-refractivity contribution in [2.45, 2.75) is 12.8 Å². The van der Waals surface area contributed by atoms with E-state index in [2.05, 4.69) is 10.3 Å². The van der Waals surface area contributed by atoms with Gasteiger partial charge >= 0.3 is 0 Å². The molecule has 0 saturated carbocycles. The van der Waals surface area contributed by atoms with E-state index in [9.17, 15) is 4.79 Å². The van der Waals surface area contributed by atoms with Crippen LogP contribution in [0.25, 0.3) is 10.8 Å². The topological polar surface area (TPSA) is 58.4 Å². The van der Waals surface area contributed by atoms with E-state index in [1.54, 1.807) is 17.6 Å². The lowest BCUT2D eigenvalue weighted by atomic mass is 10.3. The highest BCUT2D eigenvalue weighted by atomic mass is 35.5.